The molecule has 27 heavy (non-hydrogen) atoms. The molecule has 2 aromatic carbocycles. The number of ether oxygens (including phenoxy) is 3. The van der Waals surface area contributed by atoms with Gasteiger partial charge in [0.15, 0.2) is 11.5 Å². The Morgan fingerprint density at radius 1 is 0.778 bits per heavy atom. The molecule has 2 aromatic rings. The second-order valence-electron chi connectivity index (χ2n) is 7.00. The topological polar surface area (TPSA) is 36.6 Å². The van der Waals surface area contributed by atoms with Gasteiger partial charge in [-0.3, -0.25) is 0 Å². The van der Waals surface area contributed by atoms with E-state index < -0.39 is 0 Å². The highest BCUT2D eigenvalue weighted by molar-refractivity contribution is 6.30. The summed E-state index contributed by atoms with van der Waals surface area (Å²) in [4.78, 5) is 3.18. The van der Waals surface area contributed by atoms with Crippen LogP contribution in [0.4, 0.5) is 0 Å². The Labute approximate surface area is 166 Å². The molecule has 0 spiro atoms. The first-order valence-electron chi connectivity index (χ1n) is 9.33. The van der Waals surface area contributed by atoms with Crippen LogP contribution in [0.2, 0.25) is 5.02 Å². The molecular formula is C21H29ClN2O3+2. The van der Waals surface area contributed by atoms with Crippen LogP contribution in [-0.2, 0) is 13.1 Å². The summed E-state index contributed by atoms with van der Waals surface area (Å²) < 4.78 is 16.4. The molecule has 0 amide bonds. The minimum Gasteiger partial charge on any atom is -0.496 e. The van der Waals surface area contributed by atoms with E-state index in [-0.39, 0.29) is 0 Å². The summed E-state index contributed by atoms with van der Waals surface area (Å²) in [5.74, 6) is 2.30. The van der Waals surface area contributed by atoms with Crippen molar-refractivity contribution in [2.75, 3.05) is 47.5 Å². The number of quaternary nitrogens is 2. The summed E-state index contributed by atoms with van der Waals surface area (Å²) in [5, 5.41) is 0.816. The first kappa shape index (κ1) is 19.8. The van der Waals surface area contributed by atoms with Gasteiger partial charge in [-0.1, -0.05) is 23.7 Å². The summed E-state index contributed by atoms with van der Waals surface area (Å²) in [6, 6.07) is 12.1. The summed E-state index contributed by atoms with van der Waals surface area (Å²) in [6.45, 7) is 6.52. The van der Waals surface area contributed by atoms with E-state index in [9.17, 15) is 0 Å². The molecule has 0 atom stereocenters. The van der Waals surface area contributed by atoms with Gasteiger partial charge in [-0.2, -0.15) is 0 Å². The summed E-state index contributed by atoms with van der Waals surface area (Å²) in [6.07, 6.45) is 0. The van der Waals surface area contributed by atoms with Crippen molar-refractivity contribution in [2.45, 2.75) is 13.1 Å². The van der Waals surface area contributed by atoms with E-state index in [1.165, 1.54) is 5.56 Å². The monoisotopic (exact) mass is 392 g/mol. The second-order valence-corrected chi connectivity index (χ2v) is 7.44. The number of halogens is 1. The molecule has 146 valence electrons. The standard InChI is InChI=1S/C21H27ClN2O3/c1-25-19-13-21(27-3)20(26-2)12-17(19)15-24-9-7-23(8-10-24)14-16-5-4-6-18(22)11-16/h4-6,11-13H,7-10,14-15H2,1-3H3/p+2. The van der Waals surface area contributed by atoms with Crippen LogP contribution >= 0.6 is 11.6 Å². The minimum atomic E-state index is 0.698. The van der Waals surface area contributed by atoms with Crippen molar-refractivity contribution in [1.82, 2.24) is 0 Å². The third-order valence-electron chi connectivity index (χ3n) is 5.23. The molecule has 0 bridgehead atoms. The first-order valence-corrected chi connectivity index (χ1v) is 9.71. The second kappa shape index (κ2) is 9.31. The van der Waals surface area contributed by atoms with E-state index in [4.69, 9.17) is 25.8 Å². The number of benzene rings is 2. The van der Waals surface area contributed by atoms with E-state index in [1.807, 2.05) is 24.3 Å². The van der Waals surface area contributed by atoms with Gasteiger partial charge < -0.3 is 24.0 Å². The number of piperazine rings is 1. The maximum Gasteiger partial charge on any atom is 0.164 e. The molecule has 0 aliphatic carbocycles. The molecule has 1 fully saturated rings. The lowest BCUT2D eigenvalue weighted by Gasteiger charge is -2.30. The summed E-state index contributed by atoms with van der Waals surface area (Å²) in [5.41, 5.74) is 2.46. The predicted octanol–water partition coefficient (Wildman–Crippen LogP) is 0.849. The average molecular weight is 393 g/mol. The smallest absolute Gasteiger partial charge is 0.164 e. The van der Waals surface area contributed by atoms with Gasteiger partial charge in [-0.05, 0) is 18.2 Å². The molecule has 1 saturated heterocycles. The van der Waals surface area contributed by atoms with E-state index in [1.54, 1.807) is 31.1 Å². The van der Waals surface area contributed by atoms with Crippen molar-refractivity contribution in [2.24, 2.45) is 0 Å². The van der Waals surface area contributed by atoms with Crippen molar-refractivity contribution < 1.29 is 24.0 Å². The Morgan fingerprint density at radius 2 is 1.37 bits per heavy atom. The van der Waals surface area contributed by atoms with Gasteiger partial charge in [-0.15, -0.1) is 0 Å². The highest BCUT2D eigenvalue weighted by atomic mass is 35.5. The molecule has 0 aromatic heterocycles. The van der Waals surface area contributed by atoms with Crippen molar-refractivity contribution in [1.29, 1.82) is 0 Å². The zero-order valence-corrected chi connectivity index (χ0v) is 17.1. The Kier molecular flexibility index (Phi) is 6.83. The number of hydrogen-bond donors (Lipinski definition) is 2. The fraction of sp³-hybridized carbons (Fsp3) is 0.429. The third kappa shape index (κ3) is 5.06. The Morgan fingerprint density at radius 3 is 1.96 bits per heavy atom. The van der Waals surface area contributed by atoms with Gasteiger partial charge in [0.05, 0.1) is 26.9 Å². The molecule has 6 heteroatoms. The molecule has 0 unspecified atom stereocenters. The molecule has 0 saturated carbocycles. The van der Waals surface area contributed by atoms with E-state index in [0.717, 1.165) is 61.4 Å². The lowest BCUT2D eigenvalue weighted by atomic mass is 10.1. The number of nitrogens with one attached hydrogen (secondary N) is 2. The highest BCUT2D eigenvalue weighted by Crippen LogP contribution is 2.34. The number of hydrogen-bond acceptors (Lipinski definition) is 3. The molecule has 0 radical (unpaired) electrons. The largest absolute Gasteiger partial charge is 0.496 e. The zero-order chi connectivity index (χ0) is 19.2. The van der Waals surface area contributed by atoms with Crippen LogP contribution < -0.4 is 24.0 Å². The highest BCUT2D eigenvalue weighted by Gasteiger charge is 2.25. The van der Waals surface area contributed by atoms with Crippen molar-refractivity contribution in [3.8, 4) is 17.2 Å². The Balaban J connectivity index is 1.60. The Hall–Kier alpha value is -1.95. The molecular weight excluding hydrogens is 364 g/mol. The number of methoxy groups -OCH3 is 3. The first-order chi connectivity index (χ1) is 13.1. The fourth-order valence-corrected chi connectivity index (χ4v) is 3.96. The van der Waals surface area contributed by atoms with Crippen molar-refractivity contribution in [3.63, 3.8) is 0 Å². The van der Waals surface area contributed by atoms with E-state index >= 15 is 0 Å². The average Bonchev–Trinajstić information content (AvgIpc) is 2.69. The maximum atomic E-state index is 6.11. The van der Waals surface area contributed by atoms with Crippen LogP contribution in [0.3, 0.4) is 0 Å². The van der Waals surface area contributed by atoms with Gasteiger partial charge in [0.25, 0.3) is 0 Å². The van der Waals surface area contributed by atoms with E-state index in [0.29, 0.717) is 5.75 Å². The van der Waals surface area contributed by atoms with Crippen LogP contribution in [0.15, 0.2) is 36.4 Å². The summed E-state index contributed by atoms with van der Waals surface area (Å²) in [7, 11) is 5.01. The lowest BCUT2D eigenvalue weighted by molar-refractivity contribution is -1.02. The third-order valence-corrected chi connectivity index (χ3v) is 5.47. The minimum absolute atomic E-state index is 0.698. The van der Waals surface area contributed by atoms with Gasteiger partial charge >= 0.3 is 0 Å². The quantitative estimate of drug-likeness (QED) is 0.733. The normalized spacial score (nSPS) is 19.6. The lowest BCUT2D eigenvalue weighted by Crippen LogP contribution is -3.27. The molecule has 1 heterocycles. The van der Waals surface area contributed by atoms with Gasteiger partial charge in [0.2, 0.25) is 0 Å². The van der Waals surface area contributed by atoms with Gasteiger partial charge in [-0.25, -0.2) is 0 Å². The molecule has 5 nitrogen and oxygen atoms in total. The predicted molar refractivity (Wildman–Crippen MR) is 106 cm³/mol. The van der Waals surface area contributed by atoms with Crippen LogP contribution in [0.1, 0.15) is 11.1 Å². The molecule has 2 N–H and O–H groups in total. The Bertz CT molecular complexity index is 761. The van der Waals surface area contributed by atoms with Gasteiger partial charge in [0, 0.05) is 16.7 Å². The molecule has 1 aliphatic heterocycles. The van der Waals surface area contributed by atoms with Crippen molar-refractivity contribution >= 4 is 11.6 Å². The van der Waals surface area contributed by atoms with Crippen LogP contribution in [-0.4, -0.2) is 47.5 Å². The summed E-state index contributed by atoms with van der Waals surface area (Å²) >= 11 is 6.11. The van der Waals surface area contributed by atoms with Gasteiger partial charge in [0.1, 0.15) is 45.0 Å². The van der Waals surface area contributed by atoms with E-state index in [2.05, 4.69) is 12.1 Å². The fourth-order valence-electron chi connectivity index (χ4n) is 3.75. The molecule has 1 aliphatic rings. The van der Waals surface area contributed by atoms with Crippen LogP contribution in [0, 0.1) is 0 Å². The zero-order valence-electron chi connectivity index (χ0n) is 16.3. The SMILES string of the molecule is COc1cc(OC)c(OC)cc1C[NH+]1CC[NH+](Cc2cccc(Cl)c2)CC1. The van der Waals surface area contributed by atoms with Crippen molar-refractivity contribution in [3.05, 3.63) is 52.5 Å². The van der Waals surface area contributed by atoms with Crippen LogP contribution in [0.5, 0.6) is 17.2 Å². The maximum absolute atomic E-state index is 6.11. The van der Waals surface area contributed by atoms with Crippen LogP contribution in [0.25, 0.3) is 0 Å². The molecule has 3 rings (SSSR count). The number of rotatable bonds is 7.